The molecule has 112 valence electrons. The molecule has 21 heavy (non-hydrogen) atoms. The molecule has 1 aromatic carbocycles. The van der Waals surface area contributed by atoms with Crippen LogP contribution < -0.4 is 5.32 Å². The molecule has 0 radical (unpaired) electrons. The number of rotatable bonds is 2. The van der Waals surface area contributed by atoms with Gasteiger partial charge in [0.2, 0.25) is 0 Å². The Morgan fingerprint density at radius 2 is 2.10 bits per heavy atom. The maximum Gasteiger partial charge on any atom is 0.0955 e. The monoisotopic (exact) mass is 284 g/mol. The van der Waals surface area contributed by atoms with Crippen LogP contribution in [0.4, 0.5) is 0 Å². The second kappa shape index (κ2) is 5.11. The van der Waals surface area contributed by atoms with E-state index in [0.717, 1.165) is 12.1 Å². The number of aryl methyl sites for hydroxylation is 1. The third-order valence-electron chi connectivity index (χ3n) is 5.38. The fourth-order valence-electron chi connectivity index (χ4n) is 4.07. The average Bonchev–Trinajstić information content (AvgIpc) is 3.05. The number of nitrogens with zero attached hydrogens (tertiary/aromatic N) is 3. The smallest absolute Gasteiger partial charge is 0.0955 e. The van der Waals surface area contributed by atoms with Gasteiger partial charge in [-0.2, -0.15) is 0 Å². The van der Waals surface area contributed by atoms with E-state index < -0.39 is 0 Å². The molecule has 0 bridgehead atoms. The van der Waals surface area contributed by atoms with Gasteiger partial charge in [-0.25, -0.2) is 4.98 Å². The van der Waals surface area contributed by atoms with Gasteiger partial charge < -0.3 is 9.88 Å². The Kier molecular flexibility index (Phi) is 3.23. The van der Waals surface area contributed by atoms with Crippen molar-refractivity contribution in [3.63, 3.8) is 0 Å². The number of nitrogens with one attached hydrogen (secondary N) is 1. The molecule has 2 saturated heterocycles. The lowest BCUT2D eigenvalue weighted by atomic mass is 9.78. The van der Waals surface area contributed by atoms with Crippen LogP contribution in [0.5, 0.6) is 0 Å². The number of hydrogen-bond acceptors (Lipinski definition) is 3. The number of imidazole rings is 1. The molecule has 0 aliphatic carbocycles. The molecule has 1 N–H and O–H groups in total. The summed E-state index contributed by atoms with van der Waals surface area (Å²) in [5.41, 5.74) is 4.33. The number of piperidine rings is 1. The van der Waals surface area contributed by atoms with E-state index in [-0.39, 0.29) is 0 Å². The van der Waals surface area contributed by atoms with Gasteiger partial charge in [-0.3, -0.25) is 4.90 Å². The molecule has 2 fully saturated rings. The summed E-state index contributed by atoms with van der Waals surface area (Å²) in [4.78, 5) is 7.11. The van der Waals surface area contributed by atoms with Gasteiger partial charge in [-0.1, -0.05) is 6.07 Å². The Morgan fingerprint density at radius 1 is 1.24 bits per heavy atom. The maximum atomic E-state index is 4.47. The van der Waals surface area contributed by atoms with Crippen LogP contribution in [0, 0.1) is 5.41 Å². The van der Waals surface area contributed by atoms with Crippen molar-refractivity contribution in [2.24, 2.45) is 12.5 Å². The van der Waals surface area contributed by atoms with Crippen LogP contribution in [-0.2, 0) is 13.6 Å². The lowest BCUT2D eigenvalue weighted by Gasteiger charge is -2.33. The molecule has 1 spiro atoms. The van der Waals surface area contributed by atoms with Crippen molar-refractivity contribution in [3.8, 4) is 0 Å². The van der Waals surface area contributed by atoms with Crippen molar-refractivity contribution in [1.29, 1.82) is 0 Å². The van der Waals surface area contributed by atoms with Crippen molar-refractivity contribution in [2.75, 3.05) is 26.2 Å². The first-order chi connectivity index (χ1) is 10.2. The summed E-state index contributed by atoms with van der Waals surface area (Å²) in [7, 11) is 2.05. The maximum absolute atomic E-state index is 4.47. The number of benzene rings is 1. The number of hydrogen-bond donors (Lipinski definition) is 1. The van der Waals surface area contributed by atoms with Crippen molar-refractivity contribution >= 4 is 11.0 Å². The number of fused-ring (bicyclic) bond motifs is 1. The quantitative estimate of drug-likeness (QED) is 0.917. The van der Waals surface area contributed by atoms with Gasteiger partial charge in [0, 0.05) is 20.1 Å². The van der Waals surface area contributed by atoms with Crippen LogP contribution in [0.25, 0.3) is 11.0 Å². The second-order valence-electron chi connectivity index (χ2n) is 6.89. The highest BCUT2D eigenvalue weighted by molar-refractivity contribution is 5.75. The first-order valence-corrected chi connectivity index (χ1v) is 8.07. The van der Waals surface area contributed by atoms with Crippen LogP contribution in [0.1, 0.15) is 24.8 Å². The SMILES string of the molecule is Cn1cnc2cc(CN3CCC4(CCNCC4)C3)ccc21. The molecule has 2 aliphatic heterocycles. The summed E-state index contributed by atoms with van der Waals surface area (Å²) in [6.07, 6.45) is 5.97. The summed E-state index contributed by atoms with van der Waals surface area (Å²) in [6.45, 7) is 6.00. The van der Waals surface area contributed by atoms with Crippen LogP contribution in [0.3, 0.4) is 0 Å². The highest BCUT2D eigenvalue weighted by Crippen LogP contribution is 2.39. The largest absolute Gasteiger partial charge is 0.334 e. The fraction of sp³-hybridized carbons (Fsp3) is 0.588. The van der Waals surface area contributed by atoms with E-state index in [4.69, 9.17) is 0 Å². The van der Waals surface area contributed by atoms with Crippen LogP contribution in [-0.4, -0.2) is 40.6 Å². The number of likely N-dealkylation sites (tertiary alicyclic amines) is 1. The summed E-state index contributed by atoms with van der Waals surface area (Å²) < 4.78 is 2.08. The molecule has 3 heterocycles. The van der Waals surface area contributed by atoms with Gasteiger partial charge >= 0.3 is 0 Å². The Labute approximate surface area is 126 Å². The lowest BCUT2D eigenvalue weighted by molar-refractivity contribution is 0.194. The molecule has 2 aliphatic rings. The summed E-state index contributed by atoms with van der Waals surface area (Å²) in [5, 5.41) is 3.49. The molecule has 0 atom stereocenters. The zero-order valence-corrected chi connectivity index (χ0v) is 12.8. The standard InChI is InChI=1S/C17H24N4/c1-20-13-19-15-10-14(2-3-16(15)20)11-21-9-6-17(12-21)4-7-18-8-5-17/h2-3,10,13,18H,4-9,11-12H2,1H3. The first kappa shape index (κ1) is 13.3. The Balaban J connectivity index is 1.47. The van der Waals surface area contributed by atoms with Gasteiger partial charge in [0.05, 0.1) is 17.4 Å². The fourth-order valence-corrected chi connectivity index (χ4v) is 4.07. The molecular formula is C17H24N4. The molecule has 4 nitrogen and oxygen atoms in total. The summed E-state index contributed by atoms with van der Waals surface area (Å²) in [5.74, 6) is 0. The van der Waals surface area contributed by atoms with Crippen molar-refractivity contribution in [2.45, 2.75) is 25.8 Å². The molecule has 0 unspecified atom stereocenters. The molecule has 2 aromatic rings. The van der Waals surface area contributed by atoms with E-state index in [0.29, 0.717) is 5.41 Å². The Hall–Kier alpha value is -1.39. The summed E-state index contributed by atoms with van der Waals surface area (Å²) >= 11 is 0. The number of aromatic nitrogens is 2. The van der Waals surface area contributed by atoms with E-state index in [9.17, 15) is 0 Å². The van der Waals surface area contributed by atoms with E-state index in [1.165, 1.54) is 56.5 Å². The highest BCUT2D eigenvalue weighted by Gasteiger charge is 2.38. The minimum absolute atomic E-state index is 0.598. The third-order valence-corrected chi connectivity index (χ3v) is 5.38. The molecular weight excluding hydrogens is 260 g/mol. The minimum Gasteiger partial charge on any atom is -0.334 e. The molecule has 0 saturated carbocycles. The Bertz CT molecular complexity index is 639. The molecule has 0 amide bonds. The van der Waals surface area contributed by atoms with Gasteiger partial charge in [-0.15, -0.1) is 0 Å². The molecule has 4 heteroatoms. The highest BCUT2D eigenvalue weighted by atomic mass is 15.2. The zero-order chi connectivity index (χ0) is 14.3. The van der Waals surface area contributed by atoms with Gasteiger partial charge in [-0.05, 0) is 62.0 Å². The van der Waals surface area contributed by atoms with Gasteiger partial charge in [0.15, 0.2) is 0 Å². The third kappa shape index (κ3) is 2.47. The van der Waals surface area contributed by atoms with Crippen molar-refractivity contribution < 1.29 is 0 Å². The second-order valence-corrected chi connectivity index (χ2v) is 6.89. The minimum atomic E-state index is 0.598. The van der Waals surface area contributed by atoms with E-state index in [1.807, 2.05) is 6.33 Å². The van der Waals surface area contributed by atoms with Crippen molar-refractivity contribution in [1.82, 2.24) is 19.8 Å². The van der Waals surface area contributed by atoms with Crippen LogP contribution in [0.2, 0.25) is 0 Å². The average molecular weight is 284 g/mol. The predicted molar refractivity (Wildman–Crippen MR) is 85.1 cm³/mol. The van der Waals surface area contributed by atoms with E-state index in [2.05, 4.69) is 45.0 Å². The van der Waals surface area contributed by atoms with Crippen LogP contribution >= 0.6 is 0 Å². The topological polar surface area (TPSA) is 33.1 Å². The molecule has 4 rings (SSSR count). The first-order valence-electron chi connectivity index (χ1n) is 8.07. The van der Waals surface area contributed by atoms with E-state index in [1.54, 1.807) is 0 Å². The normalized spacial score (nSPS) is 22.3. The van der Waals surface area contributed by atoms with Gasteiger partial charge in [0.25, 0.3) is 0 Å². The predicted octanol–water partition coefficient (Wildman–Crippen LogP) is 2.15. The van der Waals surface area contributed by atoms with Crippen molar-refractivity contribution in [3.05, 3.63) is 30.1 Å². The molecule has 1 aromatic heterocycles. The van der Waals surface area contributed by atoms with Gasteiger partial charge in [0.1, 0.15) is 0 Å². The summed E-state index contributed by atoms with van der Waals surface area (Å²) in [6, 6.07) is 6.72. The zero-order valence-electron chi connectivity index (χ0n) is 12.8. The Morgan fingerprint density at radius 3 is 2.95 bits per heavy atom. The van der Waals surface area contributed by atoms with Crippen LogP contribution in [0.15, 0.2) is 24.5 Å². The van der Waals surface area contributed by atoms with E-state index >= 15 is 0 Å². The lowest BCUT2D eigenvalue weighted by Crippen LogP contribution is -2.38.